The van der Waals surface area contributed by atoms with E-state index in [-0.39, 0.29) is 12.0 Å². The molecule has 0 bridgehead atoms. The van der Waals surface area contributed by atoms with E-state index >= 15 is 0 Å². The summed E-state index contributed by atoms with van der Waals surface area (Å²) < 4.78 is 5.03. The van der Waals surface area contributed by atoms with Crippen molar-refractivity contribution in [2.45, 2.75) is 25.4 Å². The van der Waals surface area contributed by atoms with E-state index < -0.39 is 0 Å². The predicted octanol–water partition coefficient (Wildman–Crippen LogP) is 3.54. The Morgan fingerprint density at radius 1 is 1.41 bits per heavy atom. The van der Waals surface area contributed by atoms with Gasteiger partial charge >= 0.3 is 5.97 Å². The fraction of sp³-hybridized carbons (Fsp3) is 0.353. The van der Waals surface area contributed by atoms with Crippen molar-refractivity contribution in [1.82, 2.24) is 4.90 Å². The molecule has 2 heterocycles. The number of methoxy groups -OCH3 is 1. The summed E-state index contributed by atoms with van der Waals surface area (Å²) in [5, 5.41) is 2.82. The van der Waals surface area contributed by atoms with Crippen LogP contribution >= 0.6 is 22.9 Å². The molecule has 1 aliphatic rings. The van der Waals surface area contributed by atoms with E-state index in [9.17, 15) is 4.79 Å². The molecule has 0 amide bonds. The van der Waals surface area contributed by atoms with Crippen molar-refractivity contribution in [3.05, 3.63) is 56.7 Å². The number of esters is 1. The molecule has 2 aromatic rings. The van der Waals surface area contributed by atoms with Crippen LogP contribution in [0.3, 0.4) is 0 Å². The molecule has 22 heavy (non-hydrogen) atoms. The summed E-state index contributed by atoms with van der Waals surface area (Å²) in [4.78, 5) is 15.9. The molecule has 5 heteroatoms. The summed E-state index contributed by atoms with van der Waals surface area (Å²) in [5.74, 6) is -0.196. The molecule has 0 saturated carbocycles. The topological polar surface area (TPSA) is 29.5 Å². The summed E-state index contributed by atoms with van der Waals surface area (Å²) in [7, 11) is 1.45. The van der Waals surface area contributed by atoms with Gasteiger partial charge in [0.05, 0.1) is 7.11 Å². The average Bonchev–Trinajstić information content (AvgIpc) is 3.01. The van der Waals surface area contributed by atoms with E-state index in [1.54, 1.807) is 11.3 Å². The van der Waals surface area contributed by atoms with Crippen LogP contribution in [0.5, 0.6) is 0 Å². The van der Waals surface area contributed by atoms with Crippen LogP contribution in [-0.2, 0) is 28.9 Å². The maximum absolute atomic E-state index is 12.3. The van der Waals surface area contributed by atoms with Crippen molar-refractivity contribution in [3.63, 3.8) is 0 Å². The quantitative estimate of drug-likeness (QED) is 0.800. The number of halogens is 1. The third-order valence-electron chi connectivity index (χ3n) is 4.12. The first-order chi connectivity index (χ1) is 10.7. The molecule has 1 unspecified atom stereocenters. The minimum atomic E-state index is -0.294. The van der Waals surface area contributed by atoms with Gasteiger partial charge in [0.2, 0.25) is 0 Å². The molecule has 1 aliphatic heterocycles. The number of hydrogen-bond donors (Lipinski definition) is 0. The van der Waals surface area contributed by atoms with Crippen molar-refractivity contribution in [3.8, 4) is 0 Å². The number of thiophene rings is 1. The lowest BCUT2D eigenvalue weighted by Gasteiger charge is -2.33. The highest BCUT2D eigenvalue weighted by molar-refractivity contribution is 7.10. The Morgan fingerprint density at radius 3 is 3.00 bits per heavy atom. The maximum atomic E-state index is 12.3. The van der Waals surface area contributed by atoms with Gasteiger partial charge in [0.1, 0.15) is 6.04 Å². The lowest BCUT2D eigenvalue weighted by molar-refractivity contribution is -0.147. The number of carbonyl (C=O) groups is 1. The predicted molar refractivity (Wildman–Crippen MR) is 89.4 cm³/mol. The monoisotopic (exact) mass is 335 g/mol. The highest BCUT2D eigenvalue weighted by Gasteiger charge is 2.30. The van der Waals surface area contributed by atoms with Crippen LogP contribution in [0.2, 0.25) is 5.02 Å². The smallest absolute Gasteiger partial charge is 0.323 e. The number of ether oxygens (including phenoxy) is 1. The second kappa shape index (κ2) is 6.82. The van der Waals surface area contributed by atoms with Crippen LogP contribution in [0.4, 0.5) is 0 Å². The largest absolute Gasteiger partial charge is 0.468 e. The molecule has 0 N–H and O–H groups in total. The number of carbonyl (C=O) groups excluding carboxylic acids is 1. The van der Waals surface area contributed by atoms with Crippen molar-refractivity contribution < 1.29 is 9.53 Å². The summed E-state index contributed by atoms with van der Waals surface area (Å²) in [6, 6.07) is 9.53. The van der Waals surface area contributed by atoms with Gasteiger partial charge < -0.3 is 4.74 Å². The van der Waals surface area contributed by atoms with Gasteiger partial charge in [-0.25, -0.2) is 0 Å². The standard InChI is InChI=1S/C17H18ClNO2S/c1-21-17(20)15(10-12-4-2-3-5-14(12)18)19-8-6-16-13(11-19)7-9-22-16/h2-5,7,9,15H,6,8,10-11H2,1H3. The SMILES string of the molecule is COC(=O)C(Cc1ccccc1Cl)N1CCc2sccc2C1. The molecule has 0 fully saturated rings. The molecule has 0 radical (unpaired) electrons. The van der Waals surface area contributed by atoms with Gasteiger partial charge in [0.15, 0.2) is 0 Å². The Kier molecular flexibility index (Phi) is 4.81. The highest BCUT2D eigenvalue weighted by atomic mass is 35.5. The van der Waals surface area contributed by atoms with E-state index in [2.05, 4.69) is 16.3 Å². The number of fused-ring (bicyclic) bond motifs is 1. The van der Waals surface area contributed by atoms with Crippen molar-refractivity contribution >= 4 is 28.9 Å². The zero-order valence-electron chi connectivity index (χ0n) is 12.4. The summed E-state index contributed by atoms with van der Waals surface area (Å²) >= 11 is 8.05. The minimum Gasteiger partial charge on any atom is -0.468 e. The molecule has 1 atom stereocenters. The lowest BCUT2D eigenvalue weighted by Crippen LogP contribution is -2.45. The number of benzene rings is 1. The van der Waals surface area contributed by atoms with Crippen LogP contribution in [0.1, 0.15) is 16.0 Å². The molecule has 0 spiro atoms. The van der Waals surface area contributed by atoms with E-state index in [4.69, 9.17) is 16.3 Å². The van der Waals surface area contributed by atoms with Crippen molar-refractivity contribution in [2.75, 3.05) is 13.7 Å². The normalized spacial score (nSPS) is 16.1. The molecule has 1 aromatic carbocycles. The minimum absolute atomic E-state index is 0.196. The fourth-order valence-electron chi connectivity index (χ4n) is 2.91. The molecule has 0 saturated heterocycles. The Balaban J connectivity index is 1.82. The van der Waals surface area contributed by atoms with Gasteiger partial charge in [-0.3, -0.25) is 9.69 Å². The second-order valence-corrected chi connectivity index (χ2v) is 6.83. The molecule has 0 aliphatic carbocycles. The first kappa shape index (κ1) is 15.5. The van der Waals surface area contributed by atoms with Gasteiger partial charge in [-0.2, -0.15) is 0 Å². The number of hydrogen-bond acceptors (Lipinski definition) is 4. The fourth-order valence-corrected chi connectivity index (χ4v) is 4.01. The lowest BCUT2D eigenvalue weighted by atomic mass is 10.0. The zero-order chi connectivity index (χ0) is 15.5. The van der Waals surface area contributed by atoms with E-state index in [0.717, 1.165) is 25.1 Å². The molecule has 1 aromatic heterocycles. The number of rotatable bonds is 4. The Labute approximate surface area is 139 Å². The van der Waals surface area contributed by atoms with Gasteiger partial charge in [0, 0.05) is 29.4 Å². The third kappa shape index (κ3) is 3.19. The van der Waals surface area contributed by atoms with Gasteiger partial charge in [-0.15, -0.1) is 11.3 Å². The molecular weight excluding hydrogens is 318 g/mol. The van der Waals surface area contributed by atoms with Crippen LogP contribution in [0.15, 0.2) is 35.7 Å². The Morgan fingerprint density at radius 2 is 2.23 bits per heavy atom. The van der Waals surface area contributed by atoms with Crippen molar-refractivity contribution in [2.24, 2.45) is 0 Å². The summed E-state index contributed by atoms with van der Waals surface area (Å²) in [6.07, 6.45) is 1.56. The Hall–Kier alpha value is -1.36. The van der Waals surface area contributed by atoms with Crippen LogP contribution in [0, 0.1) is 0 Å². The molecule has 3 nitrogen and oxygen atoms in total. The maximum Gasteiger partial charge on any atom is 0.323 e. The molecule has 3 rings (SSSR count). The molecular formula is C17H18ClNO2S. The molecule has 116 valence electrons. The van der Waals surface area contributed by atoms with Crippen LogP contribution in [0.25, 0.3) is 0 Å². The van der Waals surface area contributed by atoms with E-state index in [1.165, 1.54) is 17.6 Å². The highest BCUT2D eigenvalue weighted by Crippen LogP contribution is 2.27. The van der Waals surface area contributed by atoms with E-state index in [1.807, 2.05) is 24.3 Å². The van der Waals surface area contributed by atoms with Crippen LogP contribution in [-0.4, -0.2) is 30.6 Å². The zero-order valence-corrected chi connectivity index (χ0v) is 14.0. The van der Waals surface area contributed by atoms with Crippen molar-refractivity contribution in [1.29, 1.82) is 0 Å². The van der Waals surface area contributed by atoms with Crippen LogP contribution < -0.4 is 0 Å². The summed E-state index contributed by atoms with van der Waals surface area (Å²) in [6.45, 7) is 1.67. The van der Waals surface area contributed by atoms with Gasteiger partial charge in [-0.05, 0) is 35.1 Å². The number of nitrogens with zero attached hydrogens (tertiary/aromatic N) is 1. The first-order valence-electron chi connectivity index (χ1n) is 7.29. The average molecular weight is 336 g/mol. The first-order valence-corrected chi connectivity index (χ1v) is 8.55. The summed E-state index contributed by atoms with van der Waals surface area (Å²) in [5.41, 5.74) is 2.31. The van der Waals surface area contributed by atoms with Gasteiger partial charge in [-0.1, -0.05) is 29.8 Å². The third-order valence-corrected chi connectivity index (χ3v) is 5.51. The van der Waals surface area contributed by atoms with E-state index in [0.29, 0.717) is 11.4 Å². The van der Waals surface area contributed by atoms with Gasteiger partial charge in [0.25, 0.3) is 0 Å². The second-order valence-electron chi connectivity index (χ2n) is 5.42. The Bertz CT molecular complexity index is 670.